The van der Waals surface area contributed by atoms with Gasteiger partial charge in [-0.15, -0.1) is 0 Å². The van der Waals surface area contributed by atoms with Gasteiger partial charge < -0.3 is 14.7 Å². The Bertz CT molecular complexity index is 1090. The minimum absolute atomic E-state index is 0.270. The molecule has 0 bridgehead atoms. The van der Waals surface area contributed by atoms with Gasteiger partial charge >= 0.3 is 0 Å². The third kappa shape index (κ3) is 3.76. The molecular formula is C24H19ClFNO3. The van der Waals surface area contributed by atoms with Gasteiger partial charge in [0.25, 0.3) is 5.91 Å². The van der Waals surface area contributed by atoms with Crippen LogP contribution in [0.2, 0.25) is 5.02 Å². The van der Waals surface area contributed by atoms with Crippen LogP contribution in [0.15, 0.2) is 78.6 Å². The number of rotatable bonds is 5. The van der Waals surface area contributed by atoms with E-state index >= 15 is 0 Å². The van der Waals surface area contributed by atoms with Gasteiger partial charge in [-0.05, 0) is 53.1 Å². The molecule has 1 amide bonds. The van der Waals surface area contributed by atoms with Crippen LogP contribution in [0.25, 0.3) is 5.57 Å². The lowest BCUT2D eigenvalue weighted by molar-refractivity contribution is -0.130. The second kappa shape index (κ2) is 8.20. The highest BCUT2D eigenvalue weighted by Gasteiger charge is 2.41. The first kappa shape index (κ1) is 20.0. The number of ether oxygens (including phenoxy) is 1. The molecule has 1 atom stereocenters. The van der Waals surface area contributed by atoms with Crippen LogP contribution in [-0.2, 0) is 11.3 Å². The lowest BCUT2D eigenvalue weighted by atomic mass is 9.93. The Morgan fingerprint density at radius 2 is 1.63 bits per heavy atom. The summed E-state index contributed by atoms with van der Waals surface area (Å²) in [6, 6.07) is 19.7. The quantitative estimate of drug-likeness (QED) is 0.586. The second-order valence-electron chi connectivity index (χ2n) is 7.00. The van der Waals surface area contributed by atoms with E-state index in [9.17, 15) is 14.3 Å². The molecule has 3 aromatic carbocycles. The van der Waals surface area contributed by atoms with E-state index in [1.165, 1.54) is 12.1 Å². The standard InChI is InChI=1S/C24H19ClFNO3/c1-30-20-12-2-15(3-13-20)14-27-22(17-6-10-19(26)11-7-17)21(23(28)24(27)29)16-4-8-18(25)9-5-16/h2-13,22,28H,14H2,1H3/t22-/m1/s1. The zero-order valence-corrected chi connectivity index (χ0v) is 16.9. The third-order valence-electron chi connectivity index (χ3n) is 5.16. The molecule has 0 aromatic heterocycles. The SMILES string of the molecule is COc1ccc(CN2C(=O)C(O)=C(c3ccc(Cl)cc3)[C@H]2c2ccc(F)cc2)cc1. The van der Waals surface area contributed by atoms with Crippen molar-refractivity contribution in [1.82, 2.24) is 4.90 Å². The highest BCUT2D eigenvalue weighted by atomic mass is 35.5. The van der Waals surface area contributed by atoms with E-state index in [1.807, 2.05) is 24.3 Å². The van der Waals surface area contributed by atoms with Crippen molar-refractivity contribution in [2.24, 2.45) is 0 Å². The summed E-state index contributed by atoms with van der Waals surface area (Å²) in [5, 5.41) is 11.3. The molecule has 0 saturated heterocycles. The summed E-state index contributed by atoms with van der Waals surface area (Å²) in [4.78, 5) is 14.6. The van der Waals surface area contributed by atoms with Crippen molar-refractivity contribution in [1.29, 1.82) is 0 Å². The summed E-state index contributed by atoms with van der Waals surface area (Å²) in [5.74, 6) is -0.458. The minimum atomic E-state index is -0.568. The maximum atomic E-state index is 13.5. The fourth-order valence-corrected chi connectivity index (χ4v) is 3.79. The van der Waals surface area contributed by atoms with Crippen molar-refractivity contribution in [2.45, 2.75) is 12.6 Å². The van der Waals surface area contributed by atoms with Crippen molar-refractivity contribution in [2.75, 3.05) is 7.11 Å². The fourth-order valence-electron chi connectivity index (χ4n) is 3.66. The van der Waals surface area contributed by atoms with Gasteiger partial charge in [0.1, 0.15) is 11.6 Å². The number of hydrogen-bond donors (Lipinski definition) is 1. The molecule has 6 heteroatoms. The average Bonchev–Trinajstić information content (AvgIpc) is 3.00. The Kier molecular flexibility index (Phi) is 5.46. The fraction of sp³-hybridized carbons (Fsp3) is 0.125. The van der Waals surface area contributed by atoms with Crippen molar-refractivity contribution in [3.63, 3.8) is 0 Å². The van der Waals surface area contributed by atoms with E-state index in [4.69, 9.17) is 16.3 Å². The normalized spacial score (nSPS) is 16.3. The molecule has 4 nitrogen and oxygen atoms in total. The van der Waals surface area contributed by atoms with Crippen LogP contribution in [0.5, 0.6) is 5.75 Å². The Hall–Kier alpha value is -3.31. The Morgan fingerprint density at radius 1 is 1.00 bits per heavy atom. The molecule has 0 aliphatic carbocycles. The van der Waals surface area contributed by atoms with Gasteiger partial charge in [-0.25, -0.2) is 4.39 Å². The van der Waals surface area contributed by atoms with Crippen LogP contribution in [0.1, 0.15) is 22.7 Å². The topological polar surface area (TPSA) is 49.8 Å². The number of aliphatic hydroxyl groups excluding tert-OH is 1. The average molecular weight is 424 g/mol. The molecule has 1 aliphatic heterocycles. The highest BCUT2D eigenvalue weighted by molar-refractivity contribution is 6.30. The molecule has 30 heavy (non-hydrogen) atoms. The summed E-state index contributed by atoms with van der Waals surface area (Å²) in [5.41, 5.74) is 2.72. The molecule has 0 unspecified atom stereocenters. The zero-order valence-electron chi connectivity index (χ0n) is 16.2. The van der Waals surface area contributed by atoms with Crippen LogP contribution in [0.4, 0.5) is 4.39 Å². The Labute approximate surface area is 178 Å². The van der Waals surface area contributed by atoms with Crippen LogP contribution in [0, 0.1) is 5.82 Å². The van der Waals surface area contributed by atoms with Gasteiger partial charge in [-0.1, -0.05) is 48.0 Å². The summed E-state index contributed by atoms with van der Waals surface area (Å²) >= 11 is 6.01. The molecule has 1 heterocycles. The molecular weight excluding hydrogens is 405 g/mol. The van der Waals surface area contributed by atoms with Crippen molar-refractivity contribution >= 4 is 23.1 Å². The first-order valence-corrected chi connectivity index (χ1v) is 9.74. The predicted octanol–water partition coefficient (Wildman–Crippen LogP) is 5.54. The number of methoxy groups -OCH3 is 1. The van der Waals surface area contributed by atoms with Crippen molar-refractivity contribution < 1.29 is 19.0 Å². The summed E-state index contributed by atoms with van der Waals surface area (Å²) < 4.78 is 18.7. The number of nitrogens with zero attached hydrogens (tertiary/aromatic N) is 1. The highest BCUT2D eigenvalue weighted by Crippen LogP contribution is 2.44. The number of amides is 1. The van der Waals surface area contributed by atoms with E-state index in [-0.39, 0.29) is 18.1 Å². The first-order chi connectivity index (χ1) is 14.5. The van der Waals surface area contributed by atoms with Crippen LogP contribution < -0.4 is 4.74 Å². The van der Waals surface area contributed by atoms with Gasteiger partial charge in [0.05, 0.1) is 13.2 Å². The molecule has 0 fully saturated rings. The molecule has 1 aliphatic rings. The predicted molar refractivity (Wildman–Crippen MR) is 114 cm³/mol. The largest absolute Gasteiger partial charge is 0.503 e. The first-order valence-electron chi connectivity index (χ1n) is 9.36. The lowest BCUT2D eigenvalue weighted by Crippen LogP contribution is -2.29. The van der Waals surface area contributed by atoms with E-state index < -0.39 is 11.9 Å². The number of carbonyl (C=O) groups excluding carboxylic acids is 1. The molecule has 3 aromatic rings. The number of carbonyl (C=O) groups is 1. The van der Waals surface area contributed by atoms with Crippen LogP contribution >= 0.6 is 11.6 Å². The monoisotopic (exact) mass is 423 g/mol. The smallest absolute Gasteiger partial charge is 0.290 e. The summed E-state index contributed by atoms with van der Waals surface area (Å²) in [7, 11) is 1.59. The number of halogens is 2. The summed E-state index contributed by atoms with van der Waals surface area (Å²) in [6.07, 6.45) is 0. The van der Waals surface area contributed by atoms with Crippen molar-refractivity contribution in [3.05, 3.63) is 106 Å². The minimum Gasteiger partial charge on any atom is -0.503 e. The van der Waals surface area contributed by atoms with E-state index in [1.54, 1.807) is 48.4 Å². The molecule has 0 saturated carbocycles. The Morgan fingerprint density at radius 3 is 2.23 bits per heavy atom. The molecule has 152 valence electrons. The number of hydrogen-bond acceptors (Lipinski definition) is 3. The number of benzene rings is 3. The number of aliphatic hydroxyl groups is 1. The molecule has 1 N–H and O–H groups in total. The molecule has 0 spiro atoms. The lowest BCUT2D eigenvalue weighted by Gasteiger charge is -2.27. The van der Waals surface area contributed by atoms with Crippen LogP contribution in [-0.4, -0.2) is 23.0 Å². The summed E-state index contributed by atoms with van der Waals surface area (Å²) in [6.45, 7) is 0.270. The van der Waals surface area contributed by atoms with Crippen LogP contribution in [0.3, 0.4) is 0 Å². The van der Waals surface area contributed by atoms with Gasteiger partial charge in [0.15, 0.2) is 5.76 Å². The van der Waals surface area contributed by atoms with Gasteiger partial charge in [0.2, 0.25) is 0 Å². The van der Waals surface area contributed by atoms with E-state index in [0.29, 0.717) is 27.5 Å². The molecule has 4 rings (SSSR count). The van der Waals surface area contributed by atoms with Gasteiger partial charge in [0, 0.05) is 17.1 Å². The van der Waals surface area contributed by atoms with Gasteiger partial charge in [-0.3, -0.25) is 4.79 Å². The third-order valence-corrected chi connectivity index (χ3v) is 5.41. The van der Waals surface area contributed by atoms with Gasteiger partial charge in [-0.2, -0.15) is 0 Å². The van der Waals surface area contributed by atoms with Crippen molar-refractivity contribution in [3.8, 4) is 5.75 Å². The maximum Gasteiger partial charge on any atom is 0.290 e. The zero-order chi connectivity index (χ0) is 21.3. The maximum absolute atomic E-state index is 13.5. The van der Waals surface area contributed by atoms with E-state index in [2.05, 4.69) is 0 Å². The van der Waals surface area contributed by atoms with E-state index in [0.717, 1.165) is 5.56 Å². The molecule has 0 radical (unpaired) electrons. The Balaban J connectivity index is 1.77. The second-order valence-corrected chi connectivity index (χ2v) is 7.44.